The minimum absolute atomic E-state index is 0.0649. The van der Waals surface area contributed by atoms with Crippen LogP contribution in [0.3, 0.4) is 0 Å². The number of aryl methyl sites for hydroxylation is 2. The van der Waals surface area contributed by atoms with Gasteiger partial charge in [-0.2, -0.15) is 5.10 Å². The third kappa shape index (κ3) is 1.66. The van der Waals surface area contributed by atoms with E-state index in [1.54, 1.807) is 18.7 Å². The molecular weight excluding hydrogens is 206 g/mol. The first-order valence-electron chi connectivity index (χ1n) is 5.12. The molecule has 6 heteroatoms. The SMILES string of the molecule is Cc1nc(N)c2nn(C)c(OC(C)C)c2n1. The van der Waals surface area contributed by atoms with E-state index >= 15 is 0 Å². The number of aromatic nitrogens is 4. The fourth-order valence-electron chi connectivity index (χ4n) is 1.54. The molecule has 16 heavy (non-hydrogen) atoms. The summed E-state index contributed by atoms with van der Waals surface area (Å²) in [5, 5.41) is 4.25. The molecule has 6 nitrogen and oxygen atoms in total. The molecule has 0 atom stereocenters. The molecule has 2 aromatic rings. The van der Waals surface area contributed by atoms with E-state index in [0.29, 0.717) is 28.6 Å². The van der Waals surface area contributed by atoms with Gasteiger partial charge in [0.25, 0.3) is 0 Å². The molecule has 0 spiro atoms. The number of hydrogen-bond acceptors (Lipinski definition) is 5. The summed E-state index contributed by atoms with van der Waals surface area (Å²) in [6.07, 6.45) is 0.0649. The summed E-state index contributed by atoms with van der Waals surface area (Å²) in [7, 11) is 1.80. The lowest BCUT2D eigenvalue weighted by Crippen LogP contribution is -2.09. The van der Waals surface area contributed by atoms with E-state index in [2.05, 4.69) is 15.1 Å². The maximum Gasteiger partial charge on any atom is 0.239 e. The third-order valence-electron chi connectivity index (χ3n) is 2.12. The minimum Gasteiger partial charge on any atom is -0.474 e. The highest BCUT2D eigenvalue weighted by Crippen LogP contribution is 2.26. The molecule has 2 N–H and O–H groups in total. The standard InChI is InChI=1S/C10H15N5O/c1-5(2)16-10-8-7(14-15(10)4)9(11)13-6(3)12-8/h5H,1-4H3,(H2,11,12,13). The zero-order valence-corrected chi connectivity index (χ0v) is 9.85. The van der Waals surface area contributed by atoms with E-state index in [4.69, 9.17) is 10.5 Å². The van der Waals surface area contributed by atoms with Crippen molar-refractivity contribution in [2.75, 3.05) is 5.73 Å². The molecule has 2 rings (SSSR count). The molecule has 0 fully saturated rings. The summed E-state index contributed by atoms with van der Waals surface area (Å²) in [6.45, 7) is 5.70. The molecule has 0 aliphatic heterocycles. The smallest absolute Gasteiger partial charge is 0.239 e. The molecule has 0 unspecified atom stereocenters. The highest BCUT2D eigenvalue weighted by molar-refractivity contribution is 5.88. The average molecular weight is 221 g/mol. The molecule has 2 heterocycles. The van der Waals surface area contributed by atoms with Gasteiger partial charge in [-0.3, -0.25) is 0 Å². The molecule has 0 aliphatic carbocycles. The van der Waals surface area contributed by atoms with Crippen molar-refractivity contribution in [1.82, 2.24) is 19.7 Å². The van der Waals surface area contributed by atoms with E-state index in [1.165, 1.54) is 0 Å². The van der Waals surface area contributed by atoms with E-state index < -0.39 is 0 Å². The van der Waals surface area contributed by atoms with Gasteiger partial charge in [-0.05, 0) is 20.8 Å². The van der Waals surface area contributed by atoms with Gasteiger partial charge in [-0.25, -0.2) is 14.6 Å². The monoisotopic (exact) mass is 221 g/mol. The van der Waals surface area contributed by atoms with Crippen molar-refractivity contribution in [2.24, 2.45) is 7.05 Å². The lowest BCUT2D eigenvalue weighted by molar-refractivity contribution is 0.224. The molecule has 0 bridgehead atoms. The number of anilines is 1. The summed E-state index contributed by atoms with van der Waals surface area (Å²) >= 11 is 0. The van der Waals surface area contributed by atoms with Gasteiger partial charge < -0.3 is 10.5 Å². The Morgan fingerprint density at radius 3 is 2.56 bits per heavy atom. The Labute approximate surface area is 93.4 Å². The number of fused-ring (bicyclic) bond motifs is 1. The first kappa shape index (κ1) is 10.7. The Bertz CT molecular complexity index is 531. The van der Waals surface area contributed by atoms with E-state index in [1.807, 2.05) is 13.8 Å². The molecule has 86 valence electrons. The lowest BCUT2D eigenvalue weighted by atomic mass is 10.4. The predicted molar refractivity (Wildman–Crippen MR) is 61.2 cm³/mol. The number of nitrogen functional groups attached to an aromatic ring is 1. The van der Waals surface area contributed by atoms with Crippen molar-refractivity contribution in [2.45, 2.75) is 26.9 Å². The molecule has 0 saturated heterocycles. The second-order valence-corrected chi connectivity index (χ2v) is 3.95. The second-order valence-electron chi connectivity index (χ2n) is 3.95. The van der Waals surface area contributed by atoms with Crippen molar-refractivity contribution in [1.29, 1.82) is 0 Å². The van der Waals surface area contributed by atoms with Crippen molar-refractivity contribution in [3.05, 3.63) is 5.82 Å². The van der Waals surface area contributed by atoms with Gasteiger partial charge in [0.05, 0.1) is 6.10 Å². The number of nitrogens with two attached hydrogens (primary N) is 1. The highest BCUT2D eigenvalue weighted by Gasteiger charge is 2.16. The molecular formula is C10H15N5O. The van der Waals surface area contributed by atoms with Crippen molar-refractivity contribution in [3.63, 3.8) is 0 Å². The quantitative estimate of drug-likeness (QED) is 0.819. The first-order valence-corrected chi connectivity index (χ1v) is 5.12. The topological polar surface area (TPSA) is 78.8 Å². The Balaban J connectivity index is 2.68. The third-order valence-corrected chi connectivity index (χ3v) is 2.12. The minimum atomic E-state index is 0.0649. The summed E-state index contributed by atoms with van der Waals surface area (Å²) < 4.78 is 7.30. The molecule has 0 aliphatic rings. The summed E-state index contributed by atoms with van der Waals surface area (Å²) in [5.41, 5.74) is 7.04. The fraction of sp³-hybridized carbons (Fsp3) is 0.500. The van der Waals surface area contributed by atoms with Crippen LogP contribution in [0.2, 0.25) is 0 Å². The van der Waals surface area contributed by atoms with Gasteiger partial charge in [-0.15, -0.1) is 0 Å². The van der Waals surface area contributed by atoms with Crippen LogP contribution in [0.15, 0.2) is 0 Å². The van der Waals surface area contributed by atoms with Gasteiger partial charge in [0.15, 0.2) is 16.9 Å². The van der Waals surface area contributed by atoms with Gasteiger partial charge >= 0.3 is 0 Å². The Morgan fingerprint density at radius 2 is 1.94 bits per heavy atom. The van der Waals surface area contributed by atoms with Crippen LogP contribution < -0.4 is 10.5 Å². The zero-order chi connectivity index (χ0) is 11.9. The van der Waals surface area contributed by atoms with E-state index in [-0.39, 0.29) is 6.10 Å². The predicted octanol–water partition coefficient (Wildman–Crippen LogP) is 1.04. The number of rotatable bonds is 2. The summed E-state index contributed by atoms with van der Waals surface area (Å²) in [6, 6.07) is 0. The number of nitrogens with zero attached hydrogens (tertiary/aromatic N) is 4. The maximum absolute atomic E-state index is 5.79. The van der Waals surface area contributed by atoms with Crippen LogP contribution in [0, 0.1) is 6.92 Å². The van der Waals surface area contributed by atoms with Crippen LogP contribution >= 0.6 is 0 Å². The van der Waals surface area contributed by atoms with Gasteiger partial charge in [0.1, 0.15) is 5.82 Å². The number of ether oxygens (including phenoxy) is 1. The molecule has 0 saturated carbocycles. The Hall–Kier alpha value is -1.85. The van der Waals surface area contributed by atoms with Crippen molar-refractivity contribution >= 4 is 16.9 Å². The zero-order valence-electron chi connectivity index (χ0n) is 9.85. The Morgan fingerprint density at radius 1 is 1.25 bits per heavy atom. The van der Waals surface area contributed by atoms with E-state index in [9.17, 15) is 0 Å². The fourth-order valence-corrected chi connectivity index (χ4v) is 1.54. The van der Waals surface area contributed by atoms with Crippen LogP contribution in [0.5, 0.6) is 5.88 Å². The molecule has 2 aromatic heterocycles. The Kier molecular flexibility index (Phi) is 2.41. The van der Waals surface area contributed by atoms with Gasteiger partial charge in [0.2, 0.25) is 5.88 Å². The largest absolute Gasteiger partial charge is 0.474 e. The lowest BCUT2D eigenvalue weighted by Gasteiger charge is -2.09. The van der Waals surface area contributed by atoms with Crippen LogP contribution in [0.4, 0.5) is 5.82 Å². The first-order chi connectivity index (χ1) is 7.49. The molecule has 0 amide bonds. The van der Waals surface area contributed by atoms with Crippen LogP contribution in [-0.4, -0.2) is 25.9 Å². The van der Waals surface area contributed by atoms with Crippen molar-refractivity contribution in [3.8, 4) is 5.88 Å². The van der Waals surface area contributed by atoms with E-state index in [0.717, 1.165) is 0 Å². The normalized spacial score (nSPS) is 11.3. The van der Waals surface area contributed by atoms with Crippen LogP contribution in [-0.2, 0) is 7.05 Å². The van der Waals surface area contributed by atoms with Crippen LogP contribution in [0.1, 0.15) is 19.7 Å². The van der Waals surface area contributed by atoms with Gasteiger partial charge in [-0.1, -0.05) is 0 Å². The van der Waals surface area contributed by atoms with Crippen LogP contribution in [0.25, 0.3) is 11.0 Å². The number of hydrogen-bond donors (Lipinski definition) is 1. The molecule has 0 radical (unpaired) electrons. The highest BCUT2D eigenvalue weighted by atomic mass is 16.5. The van der Waals surface area contributed by atoms with Gasteiger partial charge in [0, 0.05) is 7.05 Å². The summed E-state index contributed by atoms with van der Waals surface area (Å²) in [4.78, 5) is 8.38. The average Bonchev–Trinajstić information content (AvgIpc) is 2.45. The second kappa shape index (κ2) is 3.62. The molecule has 0 aromatic carbocycles. The van der Waals surface area contributed by atoms with Crippen molar-refractivity contribution < 1.29 is 4.74 Å². The summed E-state index contributed by atoms with van der Waals surface area (Å²) in [5.74, 6) is 1.63. The maximum atomic E-state index is 5.79.